The second-order valence-electron chi connectivity index (χ2n) is 8.67. The van der Waals surface area contributed by atoms with Crippen molar-refractivity contribution >= 4 is 41.3 Å². The normalized spacial score (nSPS) is 14.2. The molecule has 210 valence electrons. The number of thiazole rings is 1. The van der Waals surface area contributed by atoms with Gasteiger partial charge in [0.15, 0.2) is 0 Å². The molecule has 1 fully saturated rings. The molecule has 0 spiro atoms. The third-order valence-corrected chi connectivity index (χ3v) is 6.98. The van der Waals surface area contributed by atoms with Crippen LogP contribution in [0.2, 0.25) is 0 Å². The highest BCUT2D eigenvalue weighted by atomic mass is 32.1. The number of aromatic nitrogens is 1. The first kappa shape index (κ1) is 29.8. The van der Waals surface area contributed by atoms with Gasteiger partial charge >= 0.3 is 12.1 Å². The number of unbranched alkanes of at least 4 members (excludes halogenated alkanes) is 1. The molecule has 2 heterocycles. The largest absolute Gasteiger partial charge is 0.463 e. The summed E-state index contributed by atoms with van der Waals surface area (Å²) in [6, 6.07) is 8.03. The zero-order valence-corrected chi connectivity index (χ0v) is 22.9. The van der Waals surface area contributed by atoms with E-state index in [0.717, 1.165) is 18.4 Å². The van der Waals surface area contributed by atoms with E-state index in [-0.39, 0.29) is 38.5 Å². The molecule has 0 aliphatic carbocycles. The van der Waals surface area contributed by atoms with Gasteiger partial charge in [0.1, 0.15) is 16.7 Å². The lowest BCUT2D eigenvalue weighted by Gasteiger charge is -2.35. The number of hydrogen-bond donors (Lipinski definition) is 2. The minimum atomic E-state index is -1.20. The summed E-state index contributed by atoms with van der Waals surface area (Å²) in [6.45, 7) is 4.72. The Morgan fingerprint density at radius 3 is 2.41 bits per heavy atom. The topological polar surface area (TPSA) is 138 Å². The maximum atomic E-state index is 13.2. The van der Waals surface area contributed by atoms with Gasteiger partial charge in [0.25, 0.3) is 5.91 Å². The number of amides is 3. The van der Waals surface area contributed by atoms with E-state index >= 15 is 0 Å². The summed E-state index contributed by atoms with van der Waals surface area (Å²) in [5, 5.41) is 13.1. The Kier molecular flexibility index (Phi) is 11.4. The predicted octanol–water partition coefficient (Wildman–Crippen LogP) is 2.56. The molecule has 1 aromatic carbocycles. The molecule has 1 aliphatic heterocycles. The molecule has 39 heavy (non-hydrogen) atoms. The first-order valence-corrected chi connectivity index (χ1v) is 13.7. The number of nitrogens with one attached hydrogen (secondary N) is 1. The van der Waals surface area contributed by atoms with E-state index in [1.165, 1.54) is 33.3 Å². The lowest BCUT2D eigenvalue weighted by Crippen LogP contribution is -2.56. The van der Waals surface area contributed by atoms with Gasteiger partial charge in [-0.05, 0) is 19.4 Å². The Labute approximate surface area is 231 Å². The first-order valence-electron chi connectivity index (χ1n) is 12.9. The van der Waals surface area contributed by atoms with Gasteiger partial charge in [-0.2, -0.15) is 0 Å². The summed E-state index contributed by atoms with van der Waals surface area (Å²) in [4.78, 5) is 58.3. The van der Waals surface area contributed by atoms with E-state index in [4.69, 9.17) is 9.47 Å². The van der Waals surface area contributed by atoms with Gasteiger partial charge in [0, 0.05) is 37.8 Å². The lowest BCUT2D eigenvalue weighted by molar-refractivity contribution is -0.137. The number of carbonyl (C=O) groups excluding carboxylic acids is 4. The monoisotopic (exact) mass is 558 g/mol. The van der Waals surface area contributed by atoms with Crippen molar-refractivity contribution in [1.82, 2.24) is 20.1 Å². The number of rotatable bonds is 11. The highest BCUT2D eigenvalue weighted by molar-refractivity contribution is 7.16. The van der Waals surface area contributed by atoms with Gasteiger partial charge in [0.05, 0.1) is 24.7 Å². The van der Waals surface area contributed by atoms with Gasteiger partial charge < -0.3 is 29.7 Å². The number of aliphatic hydroxyl groups is 1. The Balaban J connectivity index is 1.69. The number of benzene rings is 1. The minimum Gasteiger partial charge on any atom is -0.463 e. The smallest absolute Gasteiger partial charge is 0.409 e. The number of carbonyl (C=O) groups is 4. The van der Waals surface area contributed by atoms with Crippen LogP contribution in [-0.2, 0) is 19.1 Å². The van der Waals surface area contributed by atoms with Crippen LogP contribution in [0.4, 0.5) is 4.79 Å². The van der Waals surface area contributed by atoms with Crippen molar-refractivity contribution in [3.63, 3.8) is 0 Å². The summed E-state index contributed by atoms with van der Waals surface area (Å²) in [7, 11) is 0. The zero-order valence-electron chi connectivity index (χ0n) is 22.1. The minimum absolute atomic E-state index is 0.0188. The Morgan fingerprint density at radius 1 is 1.08 bits per heavy atom. The van der Waals surface area contributed by atoms with Crippen molar-refractivity contribution in [2.24, 2.45) is 0 Å². The highest BCUT2D eigenvalue weighted by Gasteiger charge is 2.31. The molecule has 3 amide bonds. The predicted molar refractivity (Wildman–Crippen MR) is 146 cm³/mol. The van der Waals surface area contributed by atoms with Gasteiger partial charge in [-0.25, -0.2) is 14.6 Å². The number of ether oxygens (including phenoxy) is 2. The van der Waals surface area contributed by atoms with Gasteiger partial charge in [-0.3, -0.25) is 9.59 Å². The van der Waals surface area contributed by atoms with Crippen LogP contribution in [0, 0.1) is 0 Å². The molecule has 1 aromatic heterocycles. The molecule has 0 unspecified atom stereocenters. The van der Waals surface area contributed by atoms with Gasteiger partial charge in [-0.1, -0.05) is 43.7 Å². The third kappa shape index (κ3) is 8.36. The van der Waals surface area contributed by atoms with E-state index in [9.17, 15) is 24.3 Å². The molecule has 1 saturated heterocycles. The number of aliphatic hydroxyl groups excluding tert-OH is 1. The molecule has 1 aliphatic rings. The van der Waals surface area contributed by atoms with Gasteiger partial charge in [0.2, 0.25) is 5.91 Å². The van der Waals surface area contributed by atoms with Crippen LogP contribution in [0.15, 0.2) is 36.4 Å². The van der Waals surface area contributed by atoms with Crippen LogP contribution in [0.1, 0.15) is 42.1 Å². The molecule has 0 radical (unpaired) electrons. The molecule has 0 saturated carbocycles. The Hall–Kier alpha value is -3.77. The van der Waals surface area contributed by atoms with E-state index in [0.29, 0.717) is 16.5 Å². The molecule has 3 rings (SSSR count). The Bertz CT molecular complexity index is 1160. The molecule has 2 aromatic rings. The molecule has 0 bridgehead atoms. The van der Waals surface area contributed by atoms with Gasteiger partial charge in [-0.15, -0.1) is 11.3 Å². The molecule has 2 N–H and O–H groups in total. The molecule has 11 nitrogen and oxygen atoms in total. The second kappa shape index (κ2) is 15.0. The summed E-state index contributed by atoms with van der Waals surface area (Å²) >= 11 is 1.21. The van der Waals surface area contributed by atoms with Crippen molar-refractivity contribution in [3.05, 3.63) is 47.0 Å². The average Bonchev–Trinajstić information content (AvgIpc) is 3.40. The number of esters is 1. The standard InChI is InChI=1S/C27H34N4O7S/c1-3-5-17-38-27(36)31-15-13-30(14-16-31)26(35)20(18-32)28-24(34)23-21(11-12-22(33)37-4-2)39-25(29-23)19-9-7-6-8-10-19/h6-12,20,32H,3-5,13-18H2,1-2H3,(H,28,34)/b12-11+/t20-/m0/s1. The molecule has 1 atom stereocenters. The summed E-state index contributed by atoms with van der Waals surface area (Å²) < 4.78 is 10.2. The first-order chi connectivity index (χ1) is 18.9. The second-order valence-corrected chi connectivity index (χ2v) is 9.70. The van der Waals surface area contributed by atoms with E-state index in [1.807, 2.05) is 37.3 Å². The van der Waals surface area contributed by atoms with Crippen LogP contribution in [0.25, 0.3) is 16.6 Å². The number of hydrogen-bond acceptors (Lipinski definition) is 9. The van der Waals surface area contributed by atoms with Crippen LogP contribution in [-0.4, -0.2) is 95.8 Å². The number of piperazine rings is 1. The molecular formula is C27H34N4O7S. The SMILES string of the molecule is CCCCOC(=O)N1CCN(C(=O)[C@H](CO)NC(=O)c2nc(-c3ccccc3)sc2/C=C/C(=O)OCC)CC1. The Morgan fingerprint density at radius 2 is 1.77 bits per heavy atom. The van der Waals surface area contributed by atoms with Crippen LogP contribution in [0.5, 0.6) is 0 Å². The summed E-state index contributed by atoms with van der Waals surface area (Å²) in [5.74, 6) is -1.69. The fourth-order valence-electron chi connectivity index (χ4n) is 3.78. The maximum absolute atomic E-state index is 13.2. The molecule has 12 heteroatoms. The quantitative estimate of drug-likeness (QED) is 0.244. The van der Waals surface area contributed by atoms with Crippen molar-refractivity contribution in [3.8, 4) is 10.6 Å². The van der Waals surface area contributed by atoms with Crippen molar-refractivity contribution in [1.29, 1.82) is 0 Å². The highest BCUT2D eigenvalue weighted by Crippen LogP contribution is 2.29. The summed E-state index contributed by atoms with van der Waals surface area (Å²) in [5.41, 5.74) is 0.804. The fourth-order valence-corrected chi connectivity index (χ4v) is 4.75. The van der Waals surface area contributed by atoms with Crippen molar-refractivity contribution < 1.29 is 33.8 Å². The average molecular weight is 559 g/mol. The van der Waals surface area contributed by atoms with Crippen LogP contribution in [0.3, 0.4) is 0 Å². The van der Waals surface area contributed by atoms with E-state index < -0.39 is 36.5 Å². The van der Waals surface area contributed by atoms with Crippen molar-refractivity contribution in [2.45, 2.75) is 32.7 Å². The summed E-state index contributed by atoms with van der Waals surface area (Å²) in [6.07, 6.45) is 3.95. The maximum Gasteiger partial charge on any atom is 0.409 e. The zero-order chi connectivity index (χ0) is 28.2. The lowest BCUT2D eigenvalue weighted by atomic mass is 10.2. The van der Waals surface area contributed by atoms with Crippen LogP contribution >= 0.6 is 11.3 Å². The number of nitrogens with zero attached hydrogens (tertiary/aromatic N) is 3. The van der Waals surface area contributed by atoms with Crippen molar-refractivity contribution in [2.75, 3.05) is 46.0 Å². The molecular weight excluding hydrogens is 524 g/mol. The van der Waals surface area contributed by atoms with E-state index in [2.05, 4.69) is 10.3 Å². The fraction of sp³-hybridized carbons (Fsp3) is 0.444. The van der Waals surface area contributed by atoms with E-state index in [1.54, 1.807) is 6.92 Å². The third-order valence-electron chi connectivity index (χ3n) is 5.91. The van der Waals surface area contributed by atoms with Crippen LogP contribution < -0.4 is 5.32 Å².